The molecular formula is C22H18N2O3. The van der Waals surface area contributed by atoms with Crippen molar-refractivity contribution in [2.75, 3.05) is 5.32 Å². The lowest BCUT2D eigenvalue weighted by Gasteiger charge is -2.14. The second kappa shape index (κ2) is 7.33. The Kier molecular flexibility index (Phi) is 4.58. The van der Waals surface area contributed by atoms with Crippen LogP contribution in [0.25, 0.3) is 22.6 Å². The summed E-state index contributed by atoms with van der Waals surface area (Å²) in [6.45, 7) is 1.72. The summed E-state index contributed by atoms with van der Waals surface area (Å²) in [5, 5.41) is 2.85. The van der Waals surface area contributed by atoms with E-state index in [9.17, 15) is 4.79 Å². The van der Waals surface area contributed by atoms with Crippen LogP contribution in [0.2, 0.25) is 0 Å². The van der Waals surface area contributed by atoms with Gasteiger partial charge in [-0.2, -0.15) is 0 Å². The Bertz CT molecular complexity index is 1020. The molecule has 0 saturated heterocycles. The number of nitrogens with zero attached hydrogens (tertiary/aromatic N) is 1. The number of nitrogens with one attached hydrogen (secondary N) is 1. The number of carbonyl (C=O) groups is 1. The molecule has 0 aliphatic heterocycles. The van der Waals surface area contributed by atoms with E-state index in [0.717, 1.165) is 16.7 Å². The largest absolute Gasteiger partial charge is 0.481 e. The van der Waals surface area contributed by atoms with E-state index >= 15 is 0 Å². The summed E-state index contributed by atoms with van der Waals surface area (Å²) >= 11 is 0. The van der Waals surface area contributed by atoms with Crippen LogP contribution in [-0.2, 0) is 4.79 Å². The monoisotopic (exact) mass is 358 g/mol. The predicted molar refractivity (Wildman–Crippen MR) is 105 cm³/mol. The molecule has 5 heteroatoms. The summed E-state index contributed by atoms with van der Waals surface area (Å²) in [7, 11) is 0. The van der Waals surface area contributed by atoms with E-state index in [0.29, 0.717) is 17.3 Å². The normalized spacial score (nSPS) is 11.9. The quantitative estimate of drug-likeness (QED) is 0.551. The van der Waals surface area contributed by atoms with E-state index in [1.165, 1.54) is 0 Å². The molecule has 0 bridgehead atoms. The molecule has 1 heterocycles. The summed E-state index contributed by atoms with van der Waals surface area (Å²) in [5.74, 6) is 0.995. The van der Waals surface area contributed by atoms with Crippen LogP contribution in [0.5, 0.6) is 5.75 Å². The summed E-state index contributed by atoms with van der Waals surface area (Å²) in [6.07, 6.45) is -0.607. The van der Waals surface area contributed by atoms with E-state index in [4.69, 9.17) is 9.15 Å². The molecule has 0 fully saturated rings. The van der Waals surface area contributed by atoms with Crippen LogP contribution in [0.1, 0.15) is 6.92 Å². The van der Waals surface area contributed by atoms with Crippen molar-refractivity contribution in [3.05, 3.63) is 78.9 Å². The van der Waals surface area contributed by atoms with Gasteiger partial charge in [0.1, 0.15) is 11.3 Å². The molecule has 1 aromatic heterocycles. The topological polar surface area (TPSA) is 64.4 Å². The maximum atomic E-state index is 12.3. The van der Waals surface area contributed by atoms with Crippen molar-refractivity contribution in [2.24, 2.45) is 0 Å². The highest BCUT2D eigenvalue weighted by Gasteiger charge is 2.15. The first-order valence-electron chi connectivity index (χ1n) is 8.67. The molecular weight excluding hydrogens is 340 g/mol. The highest BCUT2D eigenvalue weighted by molar-refractivity contribution is 5.94. The van der Waals surface area contributed by atoms with Gasteiger partial charge >= 0.3 is 0 Å². The number of para-hydroxylation sites is 3. The standard InChI is InChI=1S/C22H18N2O3/c1-15(26-18-7-3-2-4-8-18)21(25)23-17-13-11-16(12-14-17)22-24-19-9-5-6-10-20(19)27-22/h2-15H,1H3,(H,23,25). The Hall–Kier alpha value is -3.60. The molecule has 1 amide bonds. The molecule has 27 heavy (non-hydrogen) atoms. The van der Waals surface area contributed by atoms with Crippen molar-refractivity contribution in [2.45, 2.75) is 13.0 Å². The zero-order valence-corrected chi connectivity index (χ0v) is 14.8. The molecule has 5 nitrogen and oxygen atoms in total. The minimum Gasteiger partial charge on any atom is -0.481 e. The van der Waals surface area contributed by atoms with Gasteiger partial charge in [-0.25, -0.2) is 4.98 Å². The van der Waals surface area contributed by atoms with Gasteiger partial charge in [-0.1, -0.05) is 30.3 Å². The number of ether oxygens (including phenoxy) is 1. The Morgan fingerprint density at radius 2 is 1.67 bits per heavy atom. The lowest BCUT2D eigenvalue weighted by atomic mass is 10.2. The average Bonchev–Trinajstić information content (AvgIpc) is 3.13. The predicted octanol–water partition coefficient (Wildman–Crippen LogP) is 4.90. The Labute approximate surface area is 156 Å². The van der Waals surface area contributed by atoms with Gasteiger partial charge in [0.2, 0.25) is 5.89 Å². The first kappa shape index (κ1) is 16.8. The third-order valence-electron chi connectivity index (χ3n) is 4.12. The molecule has 4 aromatic rings. The second-order valence-corrected chi connectivity index (χ2v) is 6.13. The van der Waals surface area contributed by atoms with Crippen molar-refractivity contribution in [3.63, 3.8) is 0 Å². The zero-order chi connectivity index (χ0) is 18.6. The van der Waals surface area contributed by atoms with Crippen molar-refractivity contribution in [3.8, 4) is 17.2 Å². The number of hydrogen-bond acceptors (Lipinski definition) is 4. The summed E-state index contributed by atoms with van der Waals surface area (Å²) in [5.41, 5.74) is 3.09. The number of anilines is 1. The molecule has 0 aliphatic rings. The van der Waals surface area contributed by atoms with E-state index in [-0.39, 0.29) is 5.91 Å². The molecule has 0 saturated carbocycles. The van der Waals surface area contributed by atoms with Crippen LogP contribution in [0.15, 0.2) is 83.3 Å². The third-order valence-corrected chi connectivity index (χ3v) is 4.12. The van der Waals surface area contributed by atoms with Crippen LogP contribution in [0.4, 0.5) is 5.69 Å². The number of amides is 1. The SMILES string of the molecule is CC(Oc1ccccc1)C(=O)Nc1ccc(-c2nc3ccccc3o2)cc1. The fourth-order valence-corrected chi connectivity index (χ4v) is 2.69. The minimum atomic E-state index is -0.607. The van der Waals surface area contributed by atoms with Crippen molar-refractivity contribution in [1.82, 2.24) is 4.98 Å². The Balaban J connectivity index is 1.43. The van der Waals surface area contributed by atoms with Gasteiger partial charge in [-0.3, -0.25) is 4.79 Å². The maximum absolute atomic E-state index is 12.3. The van der Waals surface area contributed by atoms with Crippen molar-refractivity contribution < 1.29 is 13.9 Å². The van der Waals surface area contributed by atoms with Crippen LogP contribution < -0.4 is 10.1 Å². The number of benzene rings is 3. The highest BCUT2D eigenvalue weighted by atomic mass is 16.5. The van der Waals surface area contributed by atoms with Gasteiger partial charge in [-0.05, 0) is 55.5 Å². The molecule has 1 atom stereocenters. The van der Waals surface area contributed by atoms with Crippen LogP contribution in [-0.4, -0.2) is 17.0 Å². The molecule has 3 aromatic carbocycles. The van der Waals surface area contributed by atoms with E-state index < -0.39 is 6.10 Å². The zero-order valence-electron chi connectivity index (χ0n) is 14.8. The molecule has 1 N–H and O–H groups in total. The fourth-order valence-electron chi connectivity index (χ4n) is 2.69. The first-order chi connectivity index (χ1) is 13.2. The molecule has 0 spiro atoms. The van der Waals surface area contributed by atoms with Gasteiger partial charge in [0.25, 0.3) is 5.91 Å². The van der Waals surface area contributed by atoms with Crippen LogP contribution in [0, 0.1) is 0 Å². The Morgan fingerprint density at radius 1 is 0.963 bits per heavy atom. The number of carbonyl (C=O) groups excluding carboxylic acids is 1. The fraction of sp³-hybridized carbons (Fsp3) is 0.0909. The Morgan fingerprint density at radius 3 is 2.41 bits per heavy atom. The van der Waals surface area contributed by atoms with Crippen molar-refractivity contribution in [1.29, 1.82) is 0 Å². The minimum absolute atomic E-state index is 0.214. The average molecular weight is 358 g/mol. The number of hydrogen-bond donors (Lipinski definition) is 1. The first-order valence-corrected chi connectivity index (χ1v) is 8.67. The maximum Gasteiger partial charge on any atom is 0.265 e. The van der Waals surface area contributed by atoms with E-state index in [1.807, 2.05) is 78.9 Å². The number of rotatable bonds is 5. The summed E-state index contributed by atoms with van der Waals surface area (Å²) in [6, 6.07) is 24.3. The lowest BCUT2D eigenvalue weighted by molar-refractivity contribution is -0.122. The van der Waals surface area contributed by atoms with Gasteiger partial charge < -0.3 is 14.5 Å². The molecule has 0 radical (unpaired) electrons. The summed E-state index contributed by atoms with van der Waals surface area (Å²) in [4.78, 5) is 16.8. The van der Waals surface area contributed by atoms with Gasteiger partial charge in [0.15, 0.2) is 11.7 Å². The molecule has 134 valence electrons. The third kappa shape index (κ3) is 3.82. The van der Waals surface area contributed by atoms with Crippen LogP contribution in [0.3, 0.4) is 0 Å². The molecule has 1 unspecified atom stereocenters. The van der Waals surface area contributed by atoms with E-state index in [2.05, 4.69) is 10.3 Å². The second-order valence-electron chi connectivity index (χ2n) is 6.13. The number of oxazole rings is 1. The smallest absolute Gasteiger partial charge is 0.265 e. The molecule has 0 aliphatic carbocycles. The molecule has 4 rings (SSSR count). The summed E-state index contributed by atoms with van der Waals surface area (Å²) < 4.78 is 11.4. The van der Waals surface area contributed by atoms with Crippen molar-refractivity contribution >= 4 is 22.7 Å². The highest BCUT2D eigenvalue weighted by Crippen LogP contribution is 2.25. The van der Waals surface area contributed by atoms with E-state index in [1.54, 1.807) is 6.92 Å². The number of aromatic nitrogens is 1. The lowest BCUT2D eigenvalue weighted by Crippen LogP contribution is -2.30. The van der Waals surface area contributed by atoms with Gasteiger partial charge in [0.05, 0.1) is 0 Å². The van der Waals surface area contributed by atoms with Gasteiger partial charge in [-0.15, -0.1) is 0 Å². The number of fused-ring (bicyclic) bond motifs is 1. The van der Waals surface area contributed by atoms with Crippen LogP contribution >= 0.6 is 0 Å². The van der Waals surface area contributed by atoms with Gasteiger partial charge in [0, 0.05) is 11.3 Å².